The van der Waals surface area contributed by atoms with Gasteiger partial charge in [0.25, 0.3) is 5.69 Å². The second kappa shape index (κ2) is 13.6. The number of ether oxygens (including phenoxy) is 3. The molecule has 0 radical (unpaired) electrons. The van der Waals surface area contributed by atoms with Gasteiger partial charge in [0.1, 0.15) is 17.2 Å². The fourth-order valence-electron chi connectivity index (χ4n) is 4.29. The Bertz CT molecular complexity index is 1640. The molecule has 1 amide bonds. The number of esters is 1. The summed E-state index contributed by atoms with van der Waals surface area (Å²) in [4.78, 5) is 37.2. The zero-order valence-corrected chi connectivity index (χ0v) is 24.4. The third-order valence-corrected chi connectivity index (χ3v) is 7.45. The molecule has 9 nitrogen and oxygen atoms in total. The molecule has 0 aliphatic rings. The van der Waals surface area contributed by atoms with Crippen LogP contribution in [0.3, 0.4) is 0 Å². The van der Waals surface area contributed by atoms with Crippen molar-refractivity contribution in [2.75, 3.05) is 19.0 Å². The number of nitrogens with zero attached hydrogens (tertiary/aromatic N) is 1. The minimum absolute atomic E-state index is 0.0644. The number of carbonyl (C=O) groups is 2. The number of hydrogen-bond acceptors (Lipinski definition) is 8. The van der Waals surface area contributed by atoms with Crippen molar-refractivity contribution >= 4 is 40.0 Å². The average Bonchev–Trinajstić information content (AvgIpc) is 3.31. The van der Waals surface area contributed by atoms with Gasteiger partial charge < -0.3 is 19.5 Å². The van der Waals surface area contributed by atoms with Crippen LogP contribution in [0.2, 0.25) is 0 Å². The molecule has 0 bridgehead atoms. The van der Waals surface area contributed by atoms with Crippen LogP contribution in [0.15, 0.2) is 72.8 Å². The standard InChI is InChI=1S/C32H30N2O7S/c1-5-40-32(36)30-29(23-12-14-25(15-13-23)34(37)38)21(3)42-31(30)33-28(35)17-11-22-10-16-26(27(18-22)39-4)41-19-24-9-7-6-8-20(24)2/h6-18H,5,19H2,1-4H3,(H,33,35)/b17-11+. The molecule has 42 heavy (non-hydrogen) atoms. The molecule has 1 heterocycles. The van der Waals surface area contributed by atoms with Crippen LogP contribution in [0.25, 0.3) is 17.2 Å². The first-order valence-corrected chi connectivity index (χ1v) is 13.9. The zero-order valence-electron chi connectivity index (χ0n) is 23.6. The van der Waals surface area contributed by atoms with E-state index in [0.717, 1.165) is 16.0 Å². The van der Waals surface area contributed by atoms with Crippen molar-refractivity contribution in [3.63, 3.8) is 0 Å². The summed E-state index contributed by atoms with van der Waals surface area (Å²) in [7, 11) is 1.55. The Labute approximate surface area is 247 Å². The van der Waals surface area contributed by atoms with Gasteiger partial charge in [-0.1, -0.05) is 30.3 Å². The number of hydrogen-bond donors (Lipinski definition) is 1. The average molecular weight is 587 g/mol. The van der Waals surface area contributed by atoms with E-state index >= 15 is 0 Å². The van der Waals surface area contributed by atoms with Crippen LogP contribution in [0.5, 0.6) is 11.5 Å². The summed E-state index contributed by atoms with van der Waals surface area (Å²) < 4.78 is 16.8. The van der Waals surface area contributed by atoms with Crippen molar-refractivity contribution in [2.24, 2.45) is 0 Å². The van der Waals surface area contributed by atoms with E-state index in [0.29, 0.717) is 39.8 Å². The smallest absolute Gasteiger partial charge is 0.341 e. The van der Waals surface area contributed by atoms with Crippen molar-refractivity contribution in [1.82, 2.24) is 0 Å². The molecule has 216 valence electrons. The Morgan fingerprint density at radius 1 is 1.02 bits per heavy atom. The summed E-state index contributed by atoms with van der Waals surface area (Å²) in [6.07, 6.45) is 2.99. The number of carbonyl (C=O) groups excluding carboxylic acids is 2. The maximum Gasteiger partial charge on any atom is 0.341 e. The van der Waals surface area contributed by atoms with E-state index in [4.69, 9.17) is 14.2 Å². The summed E-state index contributed by atoms with van der Waals surface area (Å²) in [6, 6.07) is 19.2. The number of aryl methyl sites for hydroxylation is 2. The first kappa shape index (κ1) is 30.0. The molecule has 0 fully saturated rings. The number of amides is 1. The molecule has 0 spiro atoms. The second-order valence-corrected chi connectivity index (χ2v) is 10.4. The van der Waals surface area contributed by atoms with Gasteiger partial charge in [0.05, 0.1) is 18.6 Å². The summed E-state index contributed by atoms with van der Waals surface area (Å²) in [5.41, 5.74) is 4.21. The number of methoxy groups -OCH3 is 1. The van der Waals surface area contributed by atoms with E-state index in [-0.39, 0.29) is 17.9 Å². The summed E-state index contributed by atoms with van der Waals surface area (Å²) in [6.45, 7) is 6.07. The third kappa shape index (κ3) is 7.02. The second-order valence-electron chi connectivity index (χ2n) is 9.21. The van der Waals surface area contributed by atoms with Gasteiger partial charge in [0.2, 0.25) is 5.91 Å². The fourth-order valence-corrected chi connectivity index (χ4v) is 5.36. The van der Waals surface area contributed by atoms with Crippen LogP contribution in [0.4, 0.5) is 10.7 Å². The van der Waals surface area contributed by atoms with E-state index in [1.807, 2.05) is 44.2 Å². The van der Waals surface area contributed by atoms with E-state index in [1.54, 1.807) is 44.4 Å². The molecule has 3 aromatic carbocycles. The number of rotatable bonds is 11. The predicted octanol–water partition coefficient (Wildman–Crippen LogP) is 7.36. The molecule has 0 unspecified atom stereocenters. The minimum Gasteiger partial charge on any atom is -0.493 e. The number of thiophene rings is 1. The first-order valence-electron chi connectivity index (χ1n) is 13.1. The molecule has 10 heteroatoms. The van der Waals surface area contributed by atoms with Gasteiger partial charge in [-0.3, -0.25) is 14.9 Å². The van der Waals surface area contributed by atoms with Crippen molar-refractivity contribution in [2.45, 2.75) is 27.4 Å². The lowest BCUT2D eigenvalue weighted by Crippen LogP contribution is -2.12. The lowest BCUT2D eigenvalue weighted by Gasteiger charge is -2.12. The monoisotopic (exact) mass is 586 g/mol. The largest absolute Gasteiger partial charge is 0.493 e. The molecule has 4 rings (SSSR count). The van der Waals surface area contributed by atoms with Gasteiger partial charge in [0, 0.05) is 28.6 Å². The van der Waals surface area contributed by atoms with Gasteiger partial charge in [-0.05, 0) is 73.4 Å². The molecule has 0 saturated heterocycles. The lowest BCUT2D eigenvalue weighted by molar-refractivity contribution is -0.384. The number of nitro benzene ring substituents is 1. The fraction of sp³-hybridized carbons (Fsp3) is 0.188. The van der Waals surface area contributed by atoms with Crippen LogP contribution >= 0.6 is 11.3 Å². The van der Waals surface area contributed by atoms with Crippen LogP contribution in [-0.4, -0.2) is 30.5 Å². The Morgan fingerprint density at radius 2 is 1.76 bits per heavy atom. The number of non-ortho nitro benzene ring substituents is 1. The van der Waals surface area contributed by atoms with Crippen LogP contribution < -0.4 is 14.8 Å². The van der Waals surface area contributed by atoms with Gasteiger partial charge in [-0.2, -0.15) is 0 Å². The summed E-state index contributed by atoms with van der Waals surface area (Å²) in [5.74, 6) is 0.0584. The van der Waals surface area contributed by atoms with E-state index in [9.17, 15) is 19.7 Å². The molecular formula is C32H30N2O7S. The quantitative estimate of drug-likeness (QED) is 0.0845. The van der Waals surface area contributed by atoms with Gasteiger partial charge in [-0.25, -0.2) is 4.79 Å². The van der Waals surface area contributed by atoms with E-state index < -0.39 is 16.8 Å². The Balaban J connectivity index is 1.53. The highest BCUT2D eigenvalue weighted by molar-refractivity contribution is 7.17. The molecule has 0 atom stereocenters. The summed E-state index contributed by atoms with van der Waals surface area (Å²) >= 11 is 1.23. The van der Waals surface area contributed by atoms with Gasteiger partial charge in [-0.15, -0.1) is 11.3 Å². The molecule has 4 aromatic rings. The number of anilines is 1. The Hall–Kier alpha value is -4.96. The SMILES string of the molecule is CCOC(=O)c1c(NC(=O)/C=C/c2ccc(OCc3ccccc3C)c(OC)c2)sc(C)c1-c1ccc([N+](=O)[O-])cc1. The topological polar surface area (TPSA) is 117 Å². The van der Waals surface area contributed by atoms with E-state index in [2.05, 4.69) is 5.32 Å². The Morgan fingerprint density at radius 3 is 2.43 bits per heavy atom. The highest BCUT2D eigenvalue weighted by Gasteiger charge is 2.25. The van der Waals surface area contributed by atoms with Crippen LogP contribution in [0.1, 0.15) is 38.8 Å². The highest BCUT2D eigenvalue weighted by atomic mass is 32.1. The van der Waals surface area contributed by atoms with Crippen molar-refractivity contribution < 1.29 is 28.7 Å². The molecule has 0 saturated carbocycles. The number of benzene rings is 3. The molecule has 0 aliphatic carbocycles. The molecule has 1 aromatic heterocycles. The molecular weight excluding hydrogens is 556 g/mol. The first-order chi connectivity index (χ1) is 20.2. The third-order valence-electron chi connectivity index (χ3n) is 6.43. The van der Waals surface area contributed by atoms with Gasteiger partial charge >= 0.3 is 5.97 Å². The number of nitro groups is 1. The van der Waals surface area contributed by atoms with Gasteiger partial charge in [0.15, 0.2) is 11.5 Å². The van der Waals surface area contributed by atoms with Crippen molar-refractivity contribution in [3.8, 4) is 22.6 Å². The zero-order chi connectivity index (χ0) is 30.2. The number of nitrogens with one attached hydrogen (secondary N) is 1. The predicted molar refractivity (Wildman–Crippen MR) is 163 cm³/mol. The maximum absolute atomic E-state index is 13.0. The molecule has 0 aliphatic heterocycles. The summed E-state index contributed by atoms with van der Waals surface area (Å²) in [5, 5.41) is 14.2. The van der Waals surface area contributed by atoms with E-state index in [1.165, 1.54) is 29.5 Å². The normalized spacial score (nSPS) is 10.9. The molecule has 1 N–H and O–H groups in total. The lowest BCUT2D eigenvalue weighted by atomic mass is 10.0. The highest BCUT2D eigenvalue weighted by Crippen LogP contribution is 2.41. The van der Waals surface area contributed by atoms with Crippen LogP contribution in [0, 0.1) is 24.0 Å². The van der Waals surface area contributed by atoms with Crippen molar-refractivity contribution in [3.05, 3.63) is 110 Å². The van der Waals surface area contributed by atoms with Crippen molar-refractivity contribution in [1.29, 1.82) is 0 Å². The minimum atomic E-state index is -0.597. The van der Waals surface area contributed by atoms with Crippen LogP contribution in [-0.2, 0) is 16.1 Å². The Kier molecular flexibility index (Phi) is 9.72. The maximum atomic E-state index is 13.0.